The molecule has 2 heterocycles. The van der Waals surface area contributed by atoms with Gasteiger partial charge in [0.05, 0.1) is 27.8 Å². The first-order valence-corrected chi connectivity index (χ1v) is 12.8. The van der Waals surface area contributed by atoms with Crippen LogP contribution in [-0.4, -0.2) is 9.55 Å². The fourth-order valence-electron chi connectivity index (χ4n) is 4.66. The number of aromatic nitrogens is 3. The number of benzene rings is 3. The minimum Gasteiger partial charge on any atom is -0.241 e. The Balaban J connectivity index is 1.86. The number of hydrogen-bond acceptors (Lipinski definition) is 2. The fourth-order valence-corrected chi connectivity index (χ4v) is 5.87. The first-order valence-electron chi connectivity index (χ1n) is 12.0. The van der Waals surface area contributed by atoms with Gasteiger partial charge < -0.3 is 0 Å². The van der Waals surface area contributed by atoms with Gasteiger partial charge in [-0.25, -0.2) is 9.55 Å². The lowest BCUT2D eigenvalue weighted by molar-refractivity contribution is -0.633. The van der Waals surface area contributed by atoms with E-state index in [9.17, 15) is 0 Å². The molecule has 0 unspecified atom stereocenters. The van der Waals surface area contributed by atoms with E-state index in [1.54, 1.807) is 0 Å². The number of imidazole rings is 1. The third-order valence-electron chi connectivity index (χ3n) is 6.64. The lowest BCUT2D eigenvalue weighted by atomic mass is 9.87. The molecule has 174 valence electrons. The largest absolute Gasteiger partial charge is 0.296 e. The van der Waals surface area contributed by atoms with Gasteiger partial charge in [0.2, 0.25) is 0 Å². The Morgan fingerprint density at radius 2 is 1.50 bits per heavy atom. The van der Waals surface area contributed by atoms with Gasteiger partial charge in [-0.15, -0.1) is 11.3 Å². The van der Waals surface area contributed by atoms with E-state index >= 15 is 0 Å². The molecule has 0 radical (unpaired) electrons. The van der Waals surface area contributed by atoms with Gasteiger partial charge in [0, 0.05) is 5.41 Å². The summed E-state index contributed by atoms with van der Waals surface area (Å²) >= 11 is 1.83. The average molecular weight is 469 g/mol. The molecule has 2 aromatic heterocycles. The molecule has 3 aromatic carbocycles. The summed E-state index contributed by atoms with van der Waals surface area (Å²) < 4.78 is 6.02. The van der Waals surface area contributed by atoms with Crippen LogP contribution in [0.3, 0.4) is 0 Å². The number of fused-ring (bicyclic) bond motifs is 2. The summed E-state index contributed by atoms with van der Waals surface area (Å²) in [5, 5.41) is 1.18. The summed E-state index contributed by atoms with van der Waals surface area (Å²) in [5.41, 5.74) is 8.70. The molecule has 4 heteroatoms. The molecule has 0 aliphatic heterocycles. The van der Waals surface area contributed by atoms with E-state index in [4.69, 9.17) is 4.98 Å². The Morgan fingerprint density at radius 1 is 0.824 bits per heavy atom. The fraction of sp³-hybridized carbons (Fsp3) is 0.333. The molecule has 5 rings (SSSR count). The third kappa shape index (κ3) is 3.65. The average Bonchev–Trinajstić information content (AvgIpc) is 3.33. The number of thiazole rings is 1. The van der Waals surface area contributed by atoms with E-state index in [2.05, 4.69) is 125 Å². The van der Waals surface area contributed by atoms with Crippen LogP contribution in [0.5, 0.6) is 0 Å². The van der Waals surface area contributed by atoms with E-state index in [1.807, 2.05) is 11.3 Å². The monoisotopic (exact) mass is 468 g/mol. The molecular formula is C30H34N3S+. The zero-order valence-electron chi connectivity index (χ0n) is 21.5. The van der Waals surface area contributed by atoms with Gasteiger partial charge in [-0.3, -0.25) is 0 Å². The molecular weight excluding hydrogens is 434 g/mol. The molecule has 0 fully saturated rings. The van der Waals surface area contributed by atoms with Crippen molar-refractivity contribution in [1.29, 1.82) is 0 Å². The highest BCUT2D eigenvalue weighted by molar-refractivity contribution is 7.19. The predicted octanol–water partition coefficient (Wildman–Crippen LogP) is 7.64. The van der Waals surface area contributed by atoms with Gasteiger partial charge in [0.15, 0.2) is 11.0 Å². The second kappa shape index (κ2) is 7.78. The van der Waals surface area contributed by atoms with Crippen molar-refractivity contribution in [2.24, 2.45) is 7.05 Å². The van der Waals surface area contributed by atoms with Crippen LogP contribution >= 0.6 is 11.3 Å². The number of nitrogens with zero attached hydrogens (tertiary/aromatic N) is 3. The summed E-state index contributed by atoms with van der Waals surface area (Å²) in [7, 11) is 2.18. The number of hydrogen-bond donors (Lipinski definition) is 0. The van der Waals surface area contributed by atoms with Gasteiger partial charge in [-0.05, 0) is 53.8 Å². The van der Waals surface area contributed by atoms with Crippen LogP contribution in [0.25, 0.3) is 38.3 Å². The molecule has 34 heavy (non-hydrogen) atoms. The van der Waals surface area contributed by atoms with Gasteiger partial charge in [0.25, 0.3) is 5.82 Å². The standard InChI is InChI=1S/C30H34N3S/c1-19-13-18-22-26(34-28(31-22)30(5,6)7)25(19)27-32(8)23-11-9-10-12-24(23)33(27)21-16-14-20(15-17-21)29(2,3)4/h9-18H,1-8H3/q+1. The molecule has 0 saturated carbocycles. The van der Waals surface area contributed by atoms with Crippen molar-refractivity contribution in [3.63, 3.8) is 0 Å². The highest BCUT2D eigenvalue weighted by atomic mass is 32.1. The Bertz CT molecular complexity index is 1520. The van der Waals surface area contributed by atoms with Crippen LogP contribution in [-0.2, 0) is 17.9 Å². The van der Waals surface area contributed by atoms with E-state index in [1.165, 1.54) is 48.9 Å². The van der Waals surface area contributed by atoms with Gasteiger partial charge in [-0.2, -0.15) is 4.57 Å². The molecule has 0 aliphatic rings. The van der Waals surface area contributed by atoms with E-state index in [-0.39, 0.29) is 10.8 Å². The SMILES string of the molecule is Cc1ccc2nc(C(C)(C)C)sc2c1-c1n(-c2ccc(C(C)(C)C)cc2)c2ccccc2[n+]1C. The van der Waals surface area contributed by atoms with E-state index < -0.39 is 0 Å². The van der Waals surface area contributed by atoms with Crippen molar-refractivity contribution in [3.05, 3.63) is 76.8 Å². The van der Waals surface area contributed by atoms with Crippen LogP contribution in [0, 0.1) is 6.92 Å². The minimum atomic E-state index is 0.0204. The highest BCUT2D eigenvalue weighted by Crippen LogP contribution is 2.40. The molecule has 0 bridgehead atoms. The van der Waals surface area contributed by atoms with Crippen LogP contribution in [0.1, 0.15) is 57.7 Å². The normalized spacial score (nSPS) is 12.7. The first-order chi connectivity index (χ1) is 16.0. The molecule has 0 saturated heterocycles. The van der Waals surface area contributed by atoms with Gasteiger partial charge in [-0.1, -0.05) is 71.9 Å². The van der Waals surface area contributed by atoms with Crippen LogP contribution < -0.4 is 4.57 Å². The molecule has 0 amide bonds. The zero-order valence-corrected chi connectivity index (χ0v) is 22.3. The van der Waals surface area contributed by atoms with Crippen LogP contribution in [0.2, 0.25) is 0 Å². The van der Waals surface area contributed by atoms with Crippen molar-refractivity contribution in [2.75, 3.05) is 0 Å². The quantitative estimate of drug-likeness (QED) is 0.244. The summed E-state index contributed by atoms with van der Waals surface area (Å²) in [6.45, 7) is 15.7. The Morgan fingerprint density at radius 3 is 2.15 bits per heavy atom. The van der Waals surface area contributed by atoms with E-state index in [0.29, 0.717) is 0 Å². The summed E-state index contributed by atoms with van der Waals surface area (Å²) in [4.78, 5) is 5.04. The summed E-state index contributed by atoms with van der Waals surface area (Å²) in [6, 6.07) is 22.1. The molecule has 0 spiro atoms. The maximum Gasteiger partial charge on any atom is 0.296 e. The van der Waals surface area contributed by atoms with Crippen molar-refractivity contribution in [1.82, 2.24) is 9.55 Å². The van der Waals surface area contributed by atoms with Crippen molar-refractivity contribution in [3.8, 4) is 17.1 Å². The first kappa shape index (κ1) is 22.8. The Hall–Kier alpha value is -2.98. The molecule has 0 aliphatic carbocycles. The number of aryl methyl sites for hydroxylation is 2. The minimum absolute atomic E-state index is 0.0204. The van der Waals surface area contributed by atoms with Gasteiger partial charge in [0.1, 0.15) is 5.69 Å². The van der Waals surface area contributed by atoms with E-state index in [0.717, 1.165) is 5.52 Å². The smallest absolute Gasteiger partial charge is 0.241 e. The predicted molar refractivity (Wildman–Crippen MR) is 145 cm³/mol. The maximum absolute atomic E-state index is 5.04. The second-order valence-electron chi connectivity index (χ2n) is 11.4. The molecule has 5 aromatic rings. The second-order valence-corrected chi connectivity index (χ2v) is 12.4. The van der Waals surface area contributed by atoms with Crippen molar-refractivity contribution < 1.29 is 4.57 Å². The third-order valence-corrected chi connectivity index (χ3v) is 8.15. The lowest BCUT2D eigenvalue weighted by Crippen LogP contribution is -2.30. The lowest BCUT2D eigenvalue weighted by Gasteiger charge is -2.18. The van der Waals surface area contributed by atoms with Crippen molar-refractivity contribution in [2.45, 2.75) is 59.3 Å². The summed E-state index contributed by atoms with van der Waals surface area (Å²) in [5.74, 6) is 1.19. The summed E-state index contributed by atoms with van der Waals surface area (Å²) in [6.07, 6.45) is 0. The maximum atomic E-state index is 5.04. The van der Waals surface area contributed by atoms with Gasteiger partial charge >= 0.3 is 0 Å². The Labute approximate surface area is 206 Å². The highest BCUT2D eigenvalue weighted by Gasteiger charge is 2.30. The molecule has 3 nitrogen and oxygen atoms in total. The van der Waals surface area contributed by atoms with Crippen LogP contribution in [0.4, 0.5) is 0 Å². The van der Waals surface area contributed by atoms with Crippen molar-refractivity contribution >= 4 is 32.6 Å². The number of para-hydroxylation sites is 2. The zero-order chi connectivity index (χ0) is 24.4. The number of rotatable bonds is 2. The topological polar surface area (TPSA) is 21.7 Å². The van der Waals surface area contributed by atoms with Crippen LogP contribution in [0.15, 0.2) is 60.7 Å². The Kier molecular flexibility index (Phi) is 5.21. The molecule has 0 N–H and O–H groups in total. The molecule has 0 atom stereocenters.